The zero-order chi connectivity index (χ0) is 24.8. The standard InChI is InChI=1S/C23H33ClN4O5/c1-13(2)10-18(22(32)28-17(20(25)30)11-14-8-9-26-21(14)31)27-19(29)12-23(3,33)15-4-6-16(24)7-5-15/h4-7,13-14,17-18,33H,8-12H2,1-3H3,(H2,25,30)(H,26,31)(H,27,29)(H,28,32)/t14-,17?,18?,23?/m0/s1. The van der Waals surface area contributed by atoms with Crippen LogP contribution in [-0.4, -0.2) is 47.4 Å². The molecule has 4 amide bonds. The van der Waals surface area contributed by atoms with Gasteiger partial charge in [0.15, 0.2) is 0 Å². The average molecular weight is 481 g/mol. The lowest BCUT2D eigenvalue weighted by atomic mass is 9.92. The van der Waals surface area contributed by atoms with E-state index in [1.807, 2.05) is 13.8 Å². The van der Waals surface area contributed by atoms with E-state index in [0.717, 1.165) is 0 Å². The third-order valence-electron chi connectivity index (χ3n) is 5.67. The van der Waals surface area contributed by atoms with Crippen LogP contribution in [-0.2, 0) is 24.8 Å². The zero-order valence-corrected chi connectivity index (χ0v) is 19.9. The zero-order valence-electron chi connectivity index (χ0n) is 19.2. The van der Waals surface area contributed by atoms with E-state index in [-0.39, 0.29) is 24.7 Å². The molecule has 0 spiro atoms. The van der Waals surface area contributed by atoms with Crippen molar-refractivity contribution in [2.75, 3.05) is 6.54 Å². The lowest BCUT2D eigenvalue weighted by Crippen LogP contribution is -2.54. The summed E-state index contributed by atoms with van der Waals surface area (Å²) in [5, 5.41) is 19.2. The van der Waals surface area contributed by atoms with Crippen LogP contribution >= 0.6 is 11.6 Å². The van der Waals surface area contributed by atoms with Gasteiger partial charge in [0.25, 0.3) is 0 Å². The van der Waals surface area contributed by atoms with Crippen molar-refractivity contribution in [3.8, 4) is 0 Å². The lowest BCUT2D eigenvalue weighted by Gasteiger charge is -2.27. The van der Waals surface area contributed by atoms with Crippen molar-refractivity contribution in [2.45, 2.75) is 64.1 Å². The van der Waals surface area contributed by atoms with E-state index in [9.17, 15) is 24.3 Å². The Morgan fingerprint density at radius 1 is 1.21 bits per heavy atom. The van der Waals surface area contributed by atoms with Gasteiger partial charge in [-0.1, -0.05) is 37.6 Å². The number of hydrogen-bond acceptors (Lipinski definition) is 5. The molecule has 1 aromatic rings. The number of carbonyl (C=O) groups is 4. The fraction of sp³-hybridized carbons (Fsp3) is 0.565. The number of amides is 4. The second-order valence-corrected chi connectivity index (χ2v) is 9.62. The predicted molar refractivity (Wildman–Crippen MR) is 124 cm³/mol. The molecule has 2 rings (SSSR count). The highest BCUT2D eigenvalue weighted by atomic mass is 35.5. The van der Waals surface area contributed by atoms with Gasteiger partial charge < -0.3 is 26.8 Å². The first kappa shape index (κ1) is 26.6. The van der Waals surface area contributed by atoms with E-state index in [2.05, 4.69) is 16.0 Å². The molecule has 1 aromatic carbocycles. The van der Waals surface area contributed by atoms with Crippen molar-refractivity contribution >= 4 is 35.2 Å². The Morgan fingerprint density at radius 2 is 1.85 bits per heavy atom. The second-order valence-electron chi connectivity index (χ2n) is 9.18. The lowest BCUT2D eigenvalue weighted by molar-refractivity contribution is -0.133. The van der Waals surface area contributed by atoms with Crippen LogP contribution < -0.4 is 21.7 Å². The molecular formula is C23H33ClN4O5. The number of halogens is 1. The highest BCUT2D eigenvalue weighted by molar-refractivity contribution is 6.30. The fourth-order valence-electron chi connectivity index (χ4n) is 3.84. The summed E-state index contributed by atoms with van der Waals surface area (Å²) in [6, 6.07) is 4.53. The van der Waals surface area contributed by atoms with Crippen LogP contribution in [0.3, 0.4) is 0 Å². The van der Waals surface area contributed by atoms with E-state index >= 15 is 0 Å². The van der Waals surface area contributed by atoms with E-state index in [1.54, 1.807) is 24.3 Å². The van der Waals surface area contributed by atoms with Crippen molar-refractivity contribution in [1.29, 1.82) is 0 Å². The van der Waals surface area contributed by atoms with Gasteiger partial charge in [-0.3, -0.25) is 19.2 Å². The van der Waals surface area contributed by atoms with Crippen LogP contribution in [0.5, 0.6) is 0 Å². The Morgan fingerprint density at radius 3 is 2.36 bits per heavy atom. The smallest absolute Gasteiger partial charge is 0.243 e. The maximum Gasteiger partial charge on any atom is 0.243 e. The number of benzene rings is 1. The predicted octanol–water partition coefficient (Wildman–Crippen LogP) is 0.965. The molecular weight excluding hydrogens is 448 g/mol. The first-order valence-corrected chi connectivity index (χ1v) is 11.4. The van der Waals surface area contributed by atoms with Gasteiger partial charge in [0, 0.05) is 17.5 Å². The average Bonchev–Trinajstić information content (AvgIpc) is 3.10. The van der Waals surface area contributed by atoms with Gasteiger partial charge >= 0.3 is 0 Å². The van der Waals surface area contributed by atoms with Crippen molar-refractivity contribution in [2.24, 2.45) is 17.6 Å². The van der Waals surface area contributed by atoms with Crippen LogP contribution in [0.2, 0.25) is 5.02 Å². The third-order valence-corrected chi connectivity index (χ3v) is 5.92. The maximum absolute atomic E-state index is 12.9. The number of nitrogens with one attached hydrogen (secondary N) is 3. The highest BCUT2D eigenvalue weighted by Gasteiger charge is 2.33. The first-order valence-electron chi connectivity index (χ1n) is 11.0. The summed E-state index contributed by atoms with van der Waals surface area (Å²) in [5.41, 5.74) is 4.49. The summed E-state index contributed by atoms with van der Waals surface area (Å²) in [6.45, 7) is 5.81. The van der Waals surface area contributed by atoms with Crippen molar-refractivity contribution < 1.29 is 24.3 Å². The molecule has 1 heterocycles. The van der Waals surface area contributed by atoms with Crippen molar-refractivity contribution in [3.63, 3.8) is 0 Å². The molecule has 10 heteroatoms. The van der Waals surface area contributed by atoms with Gasteiger partial charge in [0.05, 0.1) is 12.0 Å². The molecule has 0 aliphatic carbocycles. The molecule has 3 unspecified atom stereocenters. The van der Waals surface area contributed by atoms with E-state index < -0.39 is 41.3 Å². The molecule has 0 radical (unpaired) electrons. The van der Waals surface area contributed by atoms with E-state index in [4.69, 9.17) is 17.3 Å². The van der Waals surface area contributed by atoms with Gasteiger partial charge in [-0.05, 0) is 49.8 Å². The number of hydrogen-bond donors (Lipinski definition) is 5. The Hall–Kier alpha value is -2.65. The van der Waals surface area contributed by atoms with Gasteiger partial charge in [-0.2, -0.15) is 0 Å². The maximum atomic E-state index is 12.9. The molecule has 33 heavy (non-hydrogen) atoms. The Kier molecular flexibility index (Phi) is 9.25. The highest BCUT2D eigenvalue weighted by Crippen LogP contribution is 2.26. The van der Waals surface area contributed by atoms with Crippen LogP contribution in [0.15, 0.2) is 24.3 Å². The Balaban J connectivity index is 2.06. The molecule has 0 bridgehead atoms. The molecule has 6 N–H and O–H groups in total. The number of carbonyl (C=O) groups excluding carboxylic acids is 4. The summed E-state index contributed by atoms with van der Waals surface area (Å²) in [7, 11) is 0. The molecule has 1 aliphatic rings. The van der Waals surface area contributed by atoms with E-state index in [0.29, 0.717) is 30.0 Å². The minimum absolute atomic E-state index is 0.0606. The summed E-state index contributed by atoms with van der Waals surface area (Å²) in [4.78, 5) is 49.4. The summed E-state index contributed by atoms with van der Waals surface area (Å²) >= 11 is 5.88. The fourth-order valence-corrected chi connectivity index (χ4v) is 3.97. The number of primary amides is 1. The van der Waals surface area contributed by atoms with Crippen LogP contribution in [0.25, 0.3) is 0 Å². The van der Waals surface area contributed by atoms with Crippen molar-refractivity contribution in [1.82, 2.24) is 16.0 Å². The molecule has 4 atom stereocenters. The normalized spacial score (nSPS) is 19.3. The molecule has 1 saturated heterocycles. The Labute approximate surface area is 198 Å². The monoisotopic (exact) mass is 480 g/mol. The molecule has 1 aliphatic heterocycles. The molecule has 0 aromatic heterocycles. The summed E-state index contributed by atoms with van der Waals surface area (Å²) < 4.78 is 0. The number of rotatable bonds is 11. The molecule has 1 fully saturated rings. The SMILES string of the molecule is CC(C)CC(NC(=O)CC(C)(O)c1ccc(Cl)cc1)C(=O)NC(C[C@@H]1CCNC1=O)C(N)=O. The number of nitrogens with two attached hydrogens (primary N) is 1. The largest absolute Gasteiger partial charge is 0.385 e. The quantitative estimate of drug-likeness (QED) is 0.319. The summed E-state index contributed by atoms with van der Waals surface area (Å²) in [5.74, 6) is -2.36. The second kappa shape index (κ2) is 11.5. The first-order chi connectivity index (χ1) is 15.4. The minimum atomic E-state index is -1.47. The van der Waals surface area contributed by atoms with Gasteiger partial charge in [-0.25, -0.2) is 0 Å². The molecule has 9 nitrogen and oxygen atoms in total. The van der Waals surface area contributed by atoms with Crippen molar-refractivity contribution in [3.05, 3.63) is 34.9 Å². The van der Waals surface area contributed by atoms with E-state index in [1.165, 1.54) is 6.92 Å². The van der Waals surface area contributed by atoms with Gasteiger partial charge in [0.2, 0.25) is 23.6 Å². The van der Waals surface area contributed by atoms with Crippen LogP contribution in [0.1, 0.15) is 52.0 Å². The third kappa shape index (κ3) is 8.01. The van der Waals surface area contributed by atoms with Crippen LogP contribution in [0, 0.1) is 11.8 Å². The molecule has 0 saturated carbocycles. The molecule has 182 valence electrons. The minimum Gasteiger partial charge on any atom is -0.385 e. The topological polar surface area (TPSA) is 151 Å². The van der Waals surface area contributed by atoms with Gasteiger partial charge in [-0.15, -0.1) is 0 Å². The number of aliphatic hydroxyl groups is 1. The summed E-state index contributed by atoms with van der Waals surface area (Å²) in [6.07, 6.45) is 0.693. The Bertz CT molecular complexity index is 872. The van der Waals surface area contributed by atoms with Crippen LogP contribution in [0.4, 0.5) is 0 Å². The van der Waals surface area contributed by atoms with Gasteiger partial charge in [0.1, 0.15) is 12.1 Å².